The summed E-state index contributed by atoms with van der Waals surface area (Å²) in [6, 6.07) is 2.06. The van der Waals surface area contributed by atoms with Crippen molar-refractivity contribution in [3.05, 3.63) is 36.4 Å². The smallest absolute Gasteiger partial charge is 0.213 e. The lowest BCUT2D eigenvalue weighted by Gasteiger charge is -2.07. The molecule has 0 unspecified atom stereocenters. The maximum atomic E-state index is 8.85. The molecule has 2 rings (SSSR count). The number of nitriles is 1. The van der Waals surface area contributed by atoms with E-state index >= 15 is 0 Å². The average molecular weight is 215 g/mol. The van der Waals surface area contributed by atoms with Gasteiger partial charge in [-0.2, -0.15) is 5.26 Å². The fourth-order valence-electron chi connectivity index (χ4n) is 1.65. The molecule has 0 amide bonds. The van der Waals surface area contributed by atoms with Gasteiger partial charge in [0, 0.05) is 25.1 Å². The molecule has 82 valence electrons. The van der Waals surface area contributed by atoms with Crippen LogP contribution in [0.25, 0.3) is 0 Å². The topological polar surface area (TPSA) is 59.4 Å². The third-order valence-corrected chi connectivity index (χ3v) is 2.41. The van der Waals surface area contributed by atoms with E-state index in [1.165, 1.54) is 0 Å². The van der Waals surface area contributed by atoms with Crippen LogP contribution in [-0.2, 0) is 13.1 Å². The van der Waals surface area contributed by atoms with Crippen LogP contribution in [0.1, 0.15) is 24.9 Å². The molecule has 0 aliphatic carbocycles. The van der Waals surface area contributed by atoms with Crippen LogP contribution in [0.2, 0.25) is 0 Å². The molecule has 0 radical (unpaired) electrons. The van der Waals surface area contributed by atoms with E-state index in [0.717, 1.165) is 18.7 Å². The Morgan fingerprint density at radius 2 is 2.31 bits per heavy atom. The van der Waals surface area contributed by atoms with Gasteiger partial charge in [-0.1, -0.05) is 6.92 Å². The zero-order valence-corrected chi connectivity index (χ0v) is 9.17. The van der Waals surface area contributed by atoms with Crippen LogP contribution in [0, 0.1) is 11.3 Å². The van der Waals surface area contributed by atoms with E-state index in [9.17, 15) is 0 Å². The Labute approximate surface area is 94.0 Å². The van der Waals surface area contributed by atoms with E-state index in [0.29, 0.717) is 12.4 Å². The van der Waals surface area contributed by atoms with E-state index < -0.39 is 0 Å². The van der Waals surface area contributed by atoms with Crippen molar-refractivity contribution in [3.63, 3.8) is 0 Å². The highest BCUT2D eigenvalue weighted by Gasteiger charge is 2.05. The summed E-state index contributed by atoms with van der Waals surface area (Å²) in [5.41, 5.74) is 1.09. The Hall–Kier alpha value is -2.09. The van der Waals surface area contributed by atoms with Crippen molar-refractivity contribution >= 4 is 0 Å². The van der Waals surface area contributed by atoms with Gasteiger partial charge >= 0.3 is 0 Å². The molecule has 2 aromatic rings. The molecule has 0 aromatic carbocycles. The van der Waals surface area contributed by atoms with Crippen molar-refractivity contribution < 1.29 is 0 Å². The first kappa shape index (κ1) is 10.4. The SMILES string of the molecule is CCCn1cncc1Cn1ccnc1C#N. The van der Waals surface area contributed by atoms with Crippen molar-refractivity contribution in [2.45, 2.75) is 26.4 Å². The Bertz CT molecular complexity index is 502. The molecule has 2 aromatic heterocycles. The zero-order valence-electron chi connectivity index (χ0n) is 9.17. The molecule has 2 heterocycles. The molecule has 16 heavy (non-hydrogen) atoms. The molecular formula is C11H13N5. The van der Waals surface area contributed by atoms with Crippen molar-refractivity contribution in [1.82, 2.24) is 19.1 Å². The minimum Gasteiger partial charge on any atom is -0.333 e. The molecule has 0 N–H and O–H groups in total. The Balaban J connectivity index is 2.21. The Kier molecular flexibility index (Phi) is 3.01. The maximum Gasteiger partial charge on any atom is 0.213 e. The zero-order chi connectivity index (χ0) is 11.4. The highest BCUT2D eigenvalue weighted by atomic mass is 15.1. The van der Waals surface area contributed by atoms with E-state index in [1.807, 2.05) is 23.3 Å². The molecule has 0 atom stereocenters. The lowest BCUT2D eigenvalue weighted by atomic mass is 10.4. The minimum atomic E-state index is 0.434. The summed E-state index contributed by atoms with van der Waals surface area (Å²) in [6.07, 6.45) is 8.16. The molecule has 5 nitrogen and oxygen atoms in total. The quantitative estimate of drug-likeness (QED) is 0.774. The molecule has 0 aliphatic heterocycles. The normalized spacial score (nSPS) is 10.2. The van der Waals surface area contributed by atoms with Gasteiger partial charge in [0.2, 0.25) is 5.82 Å². The lowest BCUT2D eigenvalue weighted by Crippen LogP contribution is -2.07. The molecule has 0 aliphatic rings. The van der Waals surface area contributed by atoms with E-state index in [-0.39, 0.29) is 0 Å². The number of hydrogen-bond acceptors (Lipinski definition) is 3. The van der Waals surface area contributed by atoms with Crippen molar-refractivity contribution in [2.75, 3.05) is 0 Å². The maximum absolute atomic E-state index is 8.85. The van der Waals surface area contributed by atoms with Crippen LogP contribution in [0.4, 0.5) is 0 Å². The van der Waals surface area contributed by atoms with Crippen molar-refractivity contribution in [1.29, 1.82) is 5.26 Å². The standard InChI is InChI=1S/C11H13N5/c1-2-4-16-9-13-7-10(16)8-15-5-3-14-11(15)6-12/h3,5,7,9H,2,4,8H2,1H3. The third kappa shape index (κ3) is 1.96. The summed E-state index contributed by atoms with van der Waals surface area (Å²) in [6.45, 7) is 3.72. The van der Waals surface area contributed by atoms with Gasteiger partial charge in [0.05, 0.1) is 18.6 Å². The molecular weight excluding hydrogens is 202 g/mol. The van der Waals surface area contributed by atoms with Crippen LogP contribution in [-0.4, -0.2) is 19.1 Å². The predicted octanol–water partition coefficient (Wildman–Crippen LogP) is 1.41. The minimum absolute atomic E-state index is 0.434. The molecule has 0 bridgehead atoms. The van der Waals surface area contributed by atoms with Crippen LogP contribution < -0.4 is 0 Å². The molecule has 0 spiro atoms. The molecule has 0 fully saturated rings. The van der Waals surface area contributed by atoms with Crippen LogP contribution in [0.5, 0.6) is 0 Å². The second kappa shape index (κ2) is 4.62. The fourth-order valence-corrected chi connectivity index (χ4v) is 1.65. The number of aryl methyl sites for hydroxylation is 1. The summed E-state index contributed by atoms with van der Waals surface area (Å²) in [5.74, 6) is 0.434. The number of rotatable bonds is 4. The first-order chi connectivity index (χ1) is 7.85. The number of imidazole rings is 2. The number of nitrogens with zero attached hydrogens (tertiary/aromatic N) is 5. The highest BCUT2D eigenvalue weighted by molar-refractivity contribution is 5.13. The summed E-state index contributed by atoms with van der Waals surface area (Å²) in [5, 5.41) is 8.85. The van der Waals surface area contributed by atoms with Gasteiger partial charge < -0.3 is 9.13 Å². The van der Waals surface area contributed by atoms with E-state index in [4.69, 9.17) is 5.26 Å². The Morgan fingerprint density at radius 3 is 3.06 bits per heavy atom. The van der Waals surface area contributed by atoms with Crippen LogP contribution in [0.15, 0.2) is 24.9 Å². The second-order valence-corrected chi connectivity index (χ2v) is 3.57. The molecule has 0 saturated heterocycles. The highest BCUT2D eigenvalue weighted by Crippen LogP contribution is 2.05. The first-order valence-electron chi connectivity index (χ1n) is 5.25. The van der Waals surface area contributed by atoms with E-state index in [2.05, 4.69) is 27.5 Å². The predicted molar refractivity (Wildman–Crippen MR) is 58.6 cm³/mol. The Morgan fingerprint density at radius 1 is 1.44 bits per heavy atom. The first-order valence-corrected chi connectivity index (χ1v) is 5.25. The van der Waals surface area contributed by atoms with Gasteiger partial charge in [-0.05, 0) is 6.42 Å². The second-order valence-electron chi connectivity index (χ2n) is 3.57. The van der Waals surface area contributed by atoms with Crippen LogP contribution >= 0.6 is 0 Å². The number of aromatic nitrogens is 4. The van der Waals surface area contributed by atoms with Crippen LogP contribution in [0.3, 0.4) is 0 Å². The summed E-state index contributed by atoms with van der Waals surface area (Å²) in [4.78, 5) is 8.09. The lowest BCUT2D eigenvalue weighted by molar-refractivity contribution is 0.621. The average Bonchev–Trinajstić information content (AvgIpc) is 2.89. The van der Waals surface area contributed by atoms with Gasteiger partial charge in [0.15, 0.2) is 0 Å². The monoisotopic (exact) mass is 215 g/mol. The van der Waals surface area contributed by atoms with Gasteiger partial charge in [-0.15, -0.1) is 0 Å². The van der Waals surface area contributed by atoms with E-state index in [1.54, 1.807) is 6.20 Å². The van der Waals surface area contributed by atoms with Gasteiger partial charge in [-0.25, -0.2) is 9.97 Å². The third-order valence-electron chi connectivity index (χ3n) is 2.41. The molecule has 0 saturated carbocycles. The summed E-state index contributed by atoms with van der Waals surface area (Å²) >= 11 is 0. The summed E-state index contributed by atoms with van der Waals surface area (Å²) in [7, 11) is 0. The van der Waals surface area contributed by atoms with Gasteiger partial charge in [-0.3, -0.25) is 0 Å². The molecule has 5 heteroatoms. The van der Waals surface area contributed by atoms with Crippen molar-refractivity contribution in [2.24, 2.45) is 0 Å². The fraction of sp³-hybridized carbons (Fsp3) is 0.364. The number of hydrogen-bond donors (Lipinski definition) is 0. The van der Waals surface area contributed by atoms with Crippen molar-refractivity contribution in [3.8, 4) is 6.07 Å². The largest absolute Gasteiger partial charge is 0.333 e. The van der Waals surface area contributed by atoms with Gasteiger partial charge in [0.1, 0.15) is 6.07 Å². The van der Waals surface area contributed by atoms with Gasteiger partial charge in [0.25, 0.3) is 0 Å². The summed E-state index contributed by atoms with van der Waals surface area (Å²) < 4.78 is 3.92.